The van der Waals surface area contributed by atoms with Crippen LogP contribution in [-0.2, 0) is 4.79 Å². The fourth-order valence-electron chi connectivity index (χ4n) is 2.45. The van der Waals surface area contributed by atoms with Gasteiger partial charge in [-0.25, -0.2) is 8.78 Å². The first-order valence-corrected chi connectivity index (χ1v) is 7.85. The van der Waals surface area contributed by atoms with Gasteiger partial charge in [0.1, 0.15) is 6.04 Å². The van der Waals surface area contributed by atoms with Crippen LogP contribution in [0.3, 0.4) is 0 Å². The monoisotopic (exact) mass is 382 g/mol. The van der Waals surface area contributed by atoms with Crippen molar-refractivity contribution in [2.24, 2.45) is 0 Å². The predicted octanol–water partition coefficient (Wildman–Crippen LogP) is 2.56. The van der Waals surface area contributed by atoms with Gasteiger partial charge in [-0.2, -0.15) is 0 Å². The molecule has 1 heterocycles. The van der Waals surface area contributed by atoms with Gasteiger partial charge in [-0.3, -0.25) is 9.59 Å². The second-order valence-electron chi connectivity index (χ2n) is 5.39. The minimum atomic E-state index is -1.23. The number of ether oxygens (including phenoxy) is 2. The van der Waals surface area contributed by atoms with E-state index in [9.17, 15) is 18.4 Å². The lowest BCUT2D eigenvalue weighted by Gasteiger charge is -2.18. The van der Waals surface area contributed by atoms with Crippen LogP contribution < -0.4 is 20.1 Å². The largest absolute Gasteiger partial charge is 0.454 e. The van der Waals surface area contributed by atoms with E-state index >= 15 is 0 Å². The number of hydrogen-bond donors (Lipinski definition) is 2. The van der Waals surface area contributed by atoms with Crippen molar-refractivity contribution >= 4 is 23.4 Å². The Labute approximate surface area is 152 Å². The molecule has 3 rings (SSSR count). The molecule has 0 saturated carbocycles. The summed E-state index contributed by atoms with van der Waals surface area (Å²) in [5.74, 6) is -2.81. The summed E-state index contributed by atoms with van der Waals surface area (Å²) in [4.78, 5) is 24.7. The summed E-state index contributed by atoms with van der Waals surface area (Å²) < 4.78 is 37.0. The van der Waals surface area contributed by atoms with E-state index in [1.165, 1.54) is 25.2 Å². The number of carbonyl (C=O) groups excluding carboxylic acids is 2. The van der Waals surface area contributed by atoms with Gasteiger partial charge >= 0.3 is 0 Å². The molecule has 0 aromatic heterocycles. The zero-order chi connectivity index (χ0) is 18.8. The first-order valence-electron chi connectivity index (χ1n) is 7.47. The first-order chi connectivity index (χ1) is 12.4. The SMILES string of the molecule is CNC(=O)C(NC(=O)c1cc(Cl)c2c(c1)OCO2)c1ccc(F)c(F)c1. The Morgan fingerprint density at radius 2 is 1.92 bits per heavy atom. The van der Waals surface area contributed by atoms with Crippen LogP contribution in [0.2, 0.25) is 5.02 Å². The molecule has 0 spiro atoms. The third-order valence-electron chi connectivity index (χ3n) is 3.75. The fraction of sp³-hybridized carbons (Fsp3) is 0.176. The van der Waals surface area contributed by atoms with Crippen molar-refractivity contribution in [2.45, 2.75) is 6.04 Å². The van der Waals surface area contributed by atoms with E-state index in [1.54, 1.807) is 0 Å². The lowest BCUT2D eigenvalue weighted by atomic mass is 10.0. The summed E-state index contributed by atoms with van der Waals surface area (Å²) in [5, 5.41) is 5.01. The standard InChI is InChI=1S/C17H13ClF2N2O4/c1-21-17(24)14(8-2-3-11(19)12(20)5-8)22-16(23)9-4-10(18)15-13(6-9)25-7-26-15/h2-6,14H,7H2,1H3,(H,21,24)(H,22,23). The molecule has 0 bridgehead atoms. The lowest BCUT2D eigenvalue weighted by Crippen LogP contribution is -2.39. The molecular weight excluding hydrogens is 370 g/mol. The van der Waals surface area contributed by atoms with E-state index < -0.39 is 29.5 Å². The Hall–Kier alpha value is -2.87. The highest BCUT2D eigenvalue weighted by Gasteiger charge is 2.26. The van der Waals surface area contributed by atoms with Gasteiger partial charge in [0, 0.05) is 12.6 Å². The van der Waals surface area contributed by atoms with Gasteiger partial charge in [-0.1, -0.05) is 17.7 Å². The quantitative estimate of drug-likeness (QED) is 0.852. The summed E-state index contributed by atoms with van der Waals surface area (Å²) in [6.45, 7) is -0.0180. The molecule has 26 heavy (non-hydrogen) atoms. The Kier molecular flexibility index (Phi) is 4.94. The zero-order valence-corrected chi connectivity index (χ0v) is 14.2. The van der Waals surface area contributed by atoms with Crippen LogP contribution in [0, 0.1) is 11.6 Å². The number of likely N-dealkylation sites (N-methyl/N-ethyl adjacent to an activating group) is 1. The molecule has 1 unspecified atom stereocenters. The molecule has 0 fully saturated rings. The normalized spacial score (nSPS) is 13.2. The van der Waals surface area contributed by atoms with Crippen molar-refractivity contribution in [1.82, 2.24) is 10.6 Å². The lowest BCUT2D eigenvalue weighted by molar-refractivity contribution is -0.122. The van der Waals surface area contributed by atoms with Gasteiger partial charge in [0.15, 0.2) is 23.1 Å². The van der Waals surface area contributed by atoms with Gasteiger partial charge in [0.05, 0.1) is 5.02 Å². The van der Waals surface area contributed by atoms with E-state index in [0.717, 1.165) is 12.1 Å². The van der Waals surface area contributed by atoms with E-state index in [-0.39, 0.29) is 22.9 Å². The molecule has 136 valence electrons. The molecule has 1 aliphatic rings. The van der Waals surface area contributed by atoms with Crippen LogP contribution >= 0.6 is 11.6 Å². The molecule has 0 saturated heterocycles. The van der Waals surface area contributed by atoms with Crippen LogP contribution in [-0.4, -0.2) is 25.7 Å². The fourth-order valence-corrected chi connectivity index (χ4v) is 2.71. The third kappa shape index (κ3) is 3.41. The molecule has 0 radical (unpaired) electrons. The minimum absolute atomic E-state index is 0.0180. The van der Waals surface area contributed by atoms with Gasteiger partial charge in [0.25, 0.3) is 5.91 Å². The Bertz CT molecular complexity index is 891. The van der Waals surface area contributed by atoms with Crippen molar-refractivity contribution in [3.8, 4) is 11.5 Å². The molecule has 6 nitrogen and oxygen atoms in total. The number of carbonyl (C=O) groups is 2. The van der Waals surface area contributed by atoms with Crippen molar-refractivity contribution in [3.05, 3.63) is 58.1 Å². The van der Waals surface area contributed by atoms with Gasteiger partial charge < -0.3 is 20.1 Å². The molecule has 2 aromatic rings. The second kappa shape index (κ2) is 7.17. The van der Waals surface area contributed by atoms with Crippen molar-refractivity contribution in [2.75, 3.05) is 13.8 Å². The van der Waals surface area contributed by atoms with E-state index in [2.05, 4.69) is 10.6 Å². The summed E-state index contributed by atoms with van der Waals surface area (Å²) in [7, 11) is 1.36. The Morgan fingerprint density at radius 3 is 2.62 bits per heavy atom. The topological polar surface area (TPSA) is 76.7 Å². The highest BCUT2D eigenvalue weighted by atomic mass is 35.5. The molecule has 1 aliphatic heterocycles. The zero-order valence-electron chi connectivity index (χ0n) is 13.4. The maximum Gasteiger partial charge on any atom is 0.252 e. The maximum atomic E-state index is 13.5. The number of benzene rings is 2. The molecule has 2 amide bonds. The summed E-state index contributed by atoms with van der Waals surface area (Å²) >= 11 is 6.04. The van der Waals surface area contributed by atoms with E-state index in [0.29, 0.717) is 11.5 Å². The average molecular weight is 383 g/mol. The third-order valence-corrected chi connectivity index (χ3v) is 4.03. The number of amides is 2. The van der Waals surface area contributed by atoms with Gasteiger partial charge in [-0.15, -0.1) is 0 Å². The van der Waals surface area contributed by atoms with Gasteiger partial charge in [0.2, 0.25) is 12.7 Å². The highest BCUT2D eigenvalue weighted by molar-refractivity contribution is 6.32. The average Bonchev–Trinajstić information content (AvgIpc) is 3.10. The Balaban J connectivity index is 1.89. The number of hydrogen-bond acceptors (Lipinski definition) is 4. The Morgan fingerprint density at radius 1 is 1.15 bits per heavy atom. The number of fused-ring (bicyclic) bond motifs is 1. The molecule has 2 aromatic carbocycles. The number of rotatable bonds is 4. The van der Waals surface area contributed by atoms with Crippen LogP contribution in [0.5, 0.6) is 11.5 Å². The maximum absolute atomic E-state index is 13.5. The molecule has 1 atom stereocenters. The molecule has 2 N–H and O–H groups in total. The number of nitrogens with one attached hydrogen (secondary N) is 2. The second-order valence-corrected chi connectivity index (χ2v) is 5.79. The van der Waals surface area contributed by atoms with Crippen molar-refractivity contribution in [3.63, 3.8) is 0 Å². The minimum Gasteiger partial charge on any atom is -0.454 e. The summed E-state index contributed by atoms with van der Waals surface area (Å²) in [6, 6.07) is 4.48. The van der Waals surface area contributed by atoms with Crippen molar-refractivity contribution in [1.29, 1.82) is 0 Å². The predicted molar refractivity (Wildman–Crippen MR) is 88.2 cm³/mol. The summed E-state index contributed by atoms with van der Waals surface area (Å²) in [6.07, 6.45) is 0. The smallest absolute Gasteiger partial charge is 0.252 e. The van der Waals surface area contributed by atoms with E-state index in [1.807, 2.05) is 0 Å². The van der Waals surface area contributed by atoms with Crippen LogP contribution in [0.25, 0.3) is 0 Å². The summed E-state index contributed by atoms with van der Waals surface area (Å²) in [5.41, 5.74) is 0.208. The number of halogens is 3. The van der Waals surface area contributed by atoms with Crippen LogP contribution in [0.4, 0.5) is 8.78 Å². The van der Waals surface area contributed by atoms with E-state index in [4.69, 9.17) is 21.1 Å². The molecule has 0 aliphatic carbocycles. The van der Waals surface area contributed by atoms with Crippen molar-refractivity contribution < 1.29 is 27.8 Å². The molecule has 9 heteroatoms. The highest BCUT2D eigenvalue weighted by Crippen LogP contribution is 2.39. The van der Waals surface area contributed by atoms with Gasteiger partial charge in [-0.05, 0) is 29.8 Å². The van der Waals surface area contributed by atoms with Crippen LogP contribution in [0.15, 0.2) is 30.3 Å². The first kappa shape index (κ1) is 17.9. The molecular formula is C17H13ClF2N2O4. The van der Waals surface area contributed by atoms with Crippen LogP contribution in [0.1, 0.15) is 22.0 Å².